The zero-order valence-corrected chi connectivity index (χ0v) is 15.5. The fourth-order valence-electron chi connectivity index (χ4n) is 5.04. The van der Waals surface area contributed by atoms with Crippen LogP contribution >= 0.6 is 0 Å². The number of carbonyl (C=O) groups is 1. The molecule has 4 rings (SSSR count). The minimum Gasteiger partial charge on any atom is -0.353 e. The third-order valence-electron chi connectivity index (χ3n) is 6.67. The number of hydrogen-bond acceptors (Lipinski definition) is 3. The molecule has 3 heterocycles. The predicted octanol–water partition coefficient (Wildman–Crippen LogP) is 3.27. The van der Waals surface area contributed by atoms with Gasteiger partial charge in [0.05, 0.1) is 12.6 Å². The molecule has 0 aliphatic carbocycles. The summed E-state index contributed by atoms with van der Waals surface area (Å²) in [5.74, 6) is 1.26. The number of benzene rings is 1. The highest BCUT2D eigenvalue weighted by Gasteiger charge is 2.59. The van der Waals surface area contributed by atoms with E-state index in [1.54, 1.807) is 0 Å². The van der Waals surface area contributed by atoms with Crippen LogP contribution in [0.1, 0.15) is 45.1 Å². The van der Waals surface area contributed by atoms with Gasteiger partial charge < -0.3 is 9.64 Å². The number of ether oxygens (including phenoxy) is 1. The highest BCUT2D eigenvalue weighted by molar-refractivity contribution is 5.78. The molecular weight excluding hydrogens is 312 g/mol. The molecule has 1 spiro atoms. The molecule has 0 bridgehead atoms. The molecule has 4 atom stereocenters. The molecule has 3 aliphatic rings. The topological polar surface area (TPSA) is 32.8 Å². The Bertz CT molecular complexity index is 620. The van der Waals surface area contributed by atoms with Crippen LogP contribution < -0.4 is 0 Å². The average molecular weight is 342 g/mol. The minimum atomic E-state index is -0.323. The van der Waals surface area contributed by atoms with Crippen LogP contribution in [0.25, 0.3) is 0 Å². The van der Waals surface area contributed by atoms with Crippen LogP contribution in [0.3, 0.4) is 0 Å². The lowest BCUT2D eigenvalue weighted by Crippen LogP contribution is -2.65. The van der Waals surface area contributed by atoms with Gasteiger partial charge in [0, 0.05) is 38.4 Å². The van der Waals surface area contributed by atoms with Gasteiger partial charge in [-0.15, -0.1) is 0 Å². The first-order valence-electron chi connectivity index (χ1n) is 9.86. The van der Waals surface area contributed by atoms with Crippen molar-refractivity contribution in [2.75, 3.05) is 19.7 Å². The number of rotatable bonds is 4. The van der Waals surface area contributed by atoms with E-state index in [2.05, 4.69) is 54.0 Å². The Labute approximate surface area is 151 Å². The molecule has 3 saturated heterocycles. The summed E-state index contributed by atoms with van der Waals surface area (Å²) in [7, 11) is 0. The van der Waals surface area contributed by atoms with Crippen molar-refractivity contribution < 1.29 is 9.53 Å². The van der Waals surface area contributed by atoms with Crippen molar-refractivity contribution in [3.05, 3.63) is 35.9 Å². The molecule has 25 heavy (non-hydrogen) atoms. The molecule has 0 radical (unpaired) electrons. The van der Waals surface area contributed by atoms with Crippen molar-refractivity contribution in [3.63, 3.8) is 0 Å². The van der Waals surface area contributed by atoms with Crippen molar-refractivity contribution in [3.8, 4) is 0 Å². The molecule has 1 amide bonds. The number of amides is 1. The van der Waals surface area contributed by atoms with Crippen LogP contribution in [-0.4, -0.2) is 47.2 Å². The quantitative estimate of drug-likeness (QED) is 0.842. The predicted molar refractivity (Wildman–Crippen MR) is 97.8 cm³/mol. The summed E-state index contributed by atoms with van der Waals surface area (Å²) in [6.45, 7) is 8.22. The van der Waals surface area contributed by atoms with Crippen LogP contribution in [0, 0.1) is 11.8 Å². The third-order valence-corrected chi connectivity index (χ3v) is 6.67. The first kappa shape index (κ1) is 17.0. The number of hydrogen-bond donors (Lipinski definition) is 0. The Morgan fingerprint density at radius 3 is 2.88 bits per heavy atom. The van der Waals surface area contributed by atoms with E-state index in [9.17, 15) is 4.79 Å². The Hall–Kier alpha value is -1.39. The molecule has 0 saturated carbocycles. The first-order chi connectivity index (χ1) is 12.1. The zero-order chi connectivity index (χ0) is 17.4. The van der Waals surface area contributed by atoms with E-state index in [4.69, 9.17) is 4.74 Å². The summed E-state index contributed by atoms with van der Waals surface area (Å²) in [5, 5.41) is 0. The second-order valence-electron chi connectivity index (χ2n) is 8.08. The van der Waals surface area contributed by atoms with Crippen molar-refractivity contribution in [1.29, 1.82) is 0 Å². The maximum atomic E-state index is 12.8. The van der Waals surface area contributed by atoms with Gasteiger partial charge in [-0.2, -0.15) is 0 Å². The highest BCUT2D eigenvalue weighted by atomic mass is 16.5. The fraction of sp³-hybridized carbons (Fsp3) is 0.667. The normalized spacial score (nSPS) is 33.8. The van der Waals surface area contributed by atoms with Gasteiger partial charge in [0.25, 0.3) is 0 Å². The summed E-state index contributed by atoms with van der Waals surface area (Å²) >= 11 is 0. The zero-order valence-electron chi connectivity index (χ0n) is 15.5. The number of carbonyl (C=O) groups excluding carboxylic acids is 1. The summed E-state index contributed by atoms with van der Waals surface area (Å²) in [6, 6.07) is 11.0. The molecule has 1 aromatic carbocycles. The van der Waals surface area contributed by atoms with Crippen LogP contribution in [0.15, 0.2) is 30.3 Å². The molecule has 0 aromatic heterocycles. The van der Waals surface area contributed by atoms with Crippen molar-refractivity contribution >= 4 is 5.91 Å². The van der Waals surface area contributed by atoms with Gasteiger partial charge in [-0.05, 0) is 17.9 Å². The summed E-state index contributed by atoms with van der Waals surface area (Å²) in [4.78, 5) is 17.5. The fourth-order valence-corrected chi connectivity index (χ4v) is 5.04. The molecule has 4 heteroatoms. The van der Waals surface area contributed by atoms with Crippen LogP contribution in [0.4, 0.5) is 0 Å². The van der Waals surface area contributed by atoms with Gasteiger partial charge in [0.2, 0.25) is 5.91 Å². The summed E-state index contributed by atoms with van der Waals surface area (Å²) < 4.78 is 6.43. The lowest BCUT2D eigenvalue weighted by atomic mass is 9.79. The van der Waals surface area contributed by atoms with Crippen molar-refractivity contribution in [2.45, 2.75) is 57.8 Å². The molecule has 3 fully saturated rings. The second-order valence-corrected chi connectivity index (χ2v) is 8.08. The Morgan fingerprint density at radius 1 is 1.32 bits per heavy atom. The maximum Gasteiger partial charge on any atom is 0.225 e. The molecule has 136 valence electrons. The van der Waals surface area contributed by atoms with E-state index in [1.807, 2.05) is 0 Å². The molecule has 0 N–H and O–H groups in total. The lowest BCUT2D eigenvalue weighted by Gasteiger charge is -2.53. The third kappa shape index (κ3) is 2.89. The first-order valence-corrected chi connectivity index (χ1v) is 9.86. The van der Waals surface area contributed by atoms with Gasteiger partial charge in [0.15, 0.2) is 0 Å². The minimum absolute atomic E-state index is 0.265. The van der Waals surface area contributed by atoms with E-state index in [1.165, 1.54) is 5.56 Å². The summed E-state index contributed by atoms with van der Waals surface area (Å²) in [5.41, 5.74) is 1.04. The van der Waals surface area contributed by atoms with E-state index in [0.29, 0.717) is 24.2 Å². The second kappa shape index (κ2) is 6.73. The molecule has 4 nitrogen and oxygen atoms in total. The van der Waals surface area contributed by atoms with E-state index >= 15 is 0 Å². The van der Waals surface area contributed by atoms with Crippen molar-refractivity contribution in [1.82, 2.24) is 9.80 Å². The number of piperidine rings is 2. The molecular formula is C21H30N2O2. The Balaban J connectivity index is 1.52. The van der Waals surface area contributed by atoms with E-state index < -0.39 is 0 Å². The van der Waals surface area contributed by atoms with Crippen LogP contribution in [-0.2, 0) is 16.1 Å². The van der Waals surface area contributed by atoms with Gasteiger partial charge in [-0.3, -0.25) is 9.69 Å². The van der Waals surface area contributed by atoms with E-state index in [-0.39, 0.29) is 11.8 Å². The largest absolute Gasteiger partial charge is 0.353 e. The molecule has 1 aromatic rings. The average Bonchev–Trinajstić information content (AvgIpc) is 3.03. The Morgan fingerprint density at radius 2 is 2.12 bits per heavy atom. The van der Waals surface area contributed by atoms with E-state index in [0.717, 1.165) is 45.5 Å². The van der Waals surface area contributed by atoms with Gasteiger partial charge in [-0.1, -0.05) is 50.6 Å². The highest BCUT2D eigenvalue weighted by Crippen LogP contribution is 2.47. The van der Waals surface area contributed by atoms with Gasteiger partial charge >= 0.3 is 0 Å². The number of nitrogens with zero attached hydrogens (tertiary/aromatic N) is 2. The SMILES string of the molecule is CC[C@H](C)C1CO[C@]23CCN(Cc4ccccc4)C[C@H]2CCC(=O)N13. The lowest BCUT2D eigenvalue weighted by molar-refractivity contribution is -0.193. The van der Waals surface area contributed by atoms with Crippen LogP contribution in [0.2, 0.25) is 0 Å². The van der Waals surface area contributed by atoms with Gasteiger partial charge in [-0.25, -0.2) is 0 Å². The molecule has 3 aliphatic heterocycles. The monoisotopic (exact) mass is 342 g/mol. The van der Waals surface area contributed by atoms with Crippen molar-refractivity contribution in [2.24, 2.45) is 11.8 Å². The molecule has 1 unspecified atom stereocenters. The maximum absolute atomic E-state index is 12.8. The standard InChI is InChI=1S/C21H30N2O2/c1-3-16(2)19-15-25-21-11-12-22(13-17-7-5-4-6-8-17)14-18(21)9-10-20(24)23(19)21/h4-8,16,18-19H,3,9-15H2,1-2H3/t16-,18+,19?,21+/m0/s1. The smallest absolute Gasteiger partial charge is 0.225 e. The number of likely N-dealkylation sites (tertiary alicyclic amines) is 1. The van der Waals surface area contributed by atoms with Gasteiger partial charge in [0.1, 0.15) is 5.72 Å². The summed E-state index contributed by atoms with van der Waals surface area (Å²) in [6.07, 6.45) is 3.69. The Kier molecular flexibility index (Phi) is 4.59. The van der Waals surface area contributed by atoms with Crippen LogP contribution in [0.5, 0.6) is 0 Å².